The maximum Gasteiger partial charge on any atom is 0.0714 e. The molecule has 10 aromatic carbocycles. The van der Waals surface area contributed by atoms with Crippen molar-refractivity contribution in [1.29, 1.82) is 0 Å². The van der Waals surface area contributed by atoms with Gasteiger partial charge in [-0.1, -0.05) is 211 Å². The lowest BCUT2D eigenvalue weighted by Crippen LogP contribution is -2.29. The van der Waals surface area contributed by atoms with E-state index >= 15 is 0 Å². The molecule has 2 unspecified atom stereocenters. The van der Waals surface area contributed by atoms with E-state index < -0.39 is 10.8 Å². The van der Waals surface area contributed by atoms with Gasteiger partial charge in [-0.3, -0.25) is 0 Å². The highest BCUT2D eigenvalue weighted by molar-refractivity contribution is 5.93. The van der Waals surface area contributed by atoms with Gasteiger partial charge in [0.1, 0.15) is 0 Å². The Labute approximate surface area is 401 Å². The largest absolute Gasteiger partial charge is 0.310 e. The highest BCUT2D eigenvalue weighted by Gasteiger charge is 2.48. The number of benzene rings is 10. The molecule has 12 rings (SSSR count). The Hall–Kier alpha value is -8.00. The van der Waals surface area contributed by atoms with Crippen molar-refractivity contribution >= 4 is 17.1 Å². The molecule has 0 aliphatic heterocycles. The summed E-state index contributed by atoms with van der Waals surface area (Å²) in [6.07, 6.45) is 0. The third-order valence-corrected chi connectivity index (χ3v) is 15.0. The Morgan fingerprint density at radius 3 is 1.15 bits per heavy atom. The summed E-state index contributed by atoms with van der Waals surface area (Å²) in [7, 11) is 0. The van der Waals surface area contributed by atoms with E-state index in [4.69, 9.17) is 0 Å². The molecule has 2 aliphatic rings. The Kier molecular flexibility index (Phi) is 9.82. The average molecular weight is 872 g/mol. The molecule has 0 fully saturated rings. The minimum Gasteiger partial charge on any atom is -0.310 e. The summed E-state index contributed by atoms with van der Waals surface area (Å²) in [6.45, 7) is 11.2. The third-order valence-electron chi connectivity index (χ3n) is 15.0. The lowest BCUT2D eigenvalue weighted by Gasteiger charge is -2.36. The van der Waals surface area contributed by atoms with E-state index in [1.165, 1.54) is 111 Å². The molecule has 1 heteroatoms. The van der Waals surface area contributed by atoms with Crippen LogP contribution in [0.2, 0.25) is 0 Å². The summed E-state index contributed by atoms with van der Waals surface area (Å²) in [4.78, 5) is 2.56. The minimum atomic E-state index is -0.548. The Morgan fingerprint density at radius 2 is 0.691 bits per heavy atom. The van der Waals surface area contributed by atoms with Gasteiger partial charge in [0, 0.05) is 11.4 Å². The number of hydrogen-bond acceptors (Lipinski definition) is 1. The van der Waals surface area contributed by atoms with E-state index in [9.17, 15) is 0 Å². The van der Waals surface area contributed by atoms with E-state index in [2.05, 4.69) is 270 Å². The van der Waals surface area contributed by atoms with Gasteiger partial charge in [0.15, 0.2) is 0 Å². The second-order valence-electron chi connectivity index (χ2n) is 19.2. The van der Waals surface area contributed by atoms with Crippen LogP contribution in [-0.2, 0) is 10.8 Å². The van der Waals surface area contributed by atoms with Gasteiger partial charge in [0.05, 0.1) is 16.5 Å². The predicted molar refractivity (Wildman–Crippen MR) is 285 cm³/mol. The molecule has 0 radical (unpaired) electrons. The smallest absolute Gasteiger partial charge is 0.0714 e. The van der Waals surface area contributed by atoms with Crippen molar-refractivity contribution in [2.24, 2.45) is 0 Å². The van der Waals surface area contributed by atoms with Crippen LogP contribution in [0.4, 0.5) is 17.1 Å². The Bertz CT molecular complexity index is 3350. The molecule has 2 aliphatic carbocycles. The first-order valence-electron chi connectivity index (χ1n) is 24.0. The van der Waals surface area contributed by atoms with Gasteiger partial charge in [-0.25, -0.2) is 0 Å². The number of rotatable bonds is 8. The number of fused-ring (bicyclic) bond motifs is 6. The van der Waals surface area contributed by atoms with Gasteiger partial charge >= 0.3 is 0 Å². The van der Waals surface area contributed by atoms with Crippen molar-refractivity contribution in [1.82, 2.24) is 0 Å². The molecule has 0 aromatic heterocycles. The van der Waals surface area contributed by atoms with Gasteiger partial charge in [0.2, 0.25) is 0 Å². The summed E-state index contributed by atoms with van der Waals surface area (Å²) in [5.41, 5.74) is 26.3. The fraction of sp³-hybridized carbons (Fsp3) is 0.104. The second kappa shape index (κ2) is 16.1. The summed E-state index contributed by atoms with van der Waals surface area (Å²) in [5, 5.41) is 0. The van der Waals surface area contributed by atoms with Gasteiger partial charge < -0.3 is 4.90 Å². The quantitative estimate of drug-likeness (QED) is 0.147. The van der Waals surface area contributed by atoms with Crippen LogP contribution in [0.5, 0.6) is 0 Å². The SMILES string of the molecule is Cc1ccc(-c2cc(C)c(N(c3ccc4c(c3)C(c3ccccc3)(c3cccc(C)c3)c3ccccc3-4)c3ccc4c(c3)C(c3ccccc3)(c3cccc(C)c3)c3ccccc3-4)c(C)c2)cc1. The molecular formula is C67H53N. The van der Waals surface area contributed by atoms with E-state index in [1.807, 2.05) is 0 Å². The molecule has 0 bridgehead atoms. The molecule has 0 amide bonds. The summed E-state index contributed by atoms with van der Waals surface area (Å²) < 4.78 is 0. The van der Waals surface area contributed by atoms with E-state index in [0.29, 0.717) is 0 Å². The van der Waals surface area contributed by atoms with Crippen LogP contribution in [-0.4, -0.2) is 0 Å². The third kappa shape index (κ3) is 6.22. The van der Waals surface area contributed by atoms with E-state index in [-0.39, 0.29) is 0 Å². The molecule has 0 heterocycles. The molecule has 0 N–H and O–H groups in total. The molecule has 0 saturated heterocycles. The van der Waals surface area contributed by atoms with Crippen LogP contribution in [0.25, 0.3) is 33.4 Å². The van der Waals surface area contributed by atoms with Crippen molar-refractivity contribution in [2.75, 3.05) is 4.90 Å². The standard InChI is InChI=1S/C67H53N/c1-44-30-32-49(33-31-44)50-40-47(4)65(48(5)41-50)68(55-34-36-59-57-26-12-14-28-61(57)66(63(59)42-55,51-20-8-6-9-21-51)53-24-16-18-45(2)38-53)56-35-37-60-58-27-13-15-29-62(58)67(64(60)43-56,52-22-10-7-11-23-52)54-25-17-19-46(3)39-54/h6-43H,1-5H3. The highest BCUT2D eigenvalue weighted by Crippen LogP contribution is 2.60. The molecular weight excluding hydrogens is 819 g/mol. The molecule has 10 aromatic rings. The molecule has 326 valence electrons. The maximum atomic E-state index is 2.56. The van der Waals surface area contributed by atoms with Crippen molar-refractivity contribution in [3.63, 3.8) is 0 Å². The molecule has 68 heavy (non-hydrogen) atoms. The van der Waals surface area contributed by atoms with Crippen LogP contribution in [0, 0.1) is 34.6 Å². The Morgan fingerprint density at radius 1 is 0.279 bits per heavy atom. The normalized spacial score (nSPS) is 16.4. The predicted octanol–water partition coefficient (Wildman–Crippen LogP) is 17.1. The van der Waals surface area contributed by atoms with Crippen molar-refractivity contribution in [2.45, 2.75) is 45.4 Å². The van der Waals surface area contributed by atoms with Gasteiger partial charge in [-0.05, 0) is 160 Å². The van der Waals surface area contributed by atoms with Crippen LogP contribution in [0.3, 0.4) is 0 Å². The second-order valence-corrected chi connectivity index (χ2v) is 19.2. The lowest BCUT2D eigenvalue weighted by molar-refractivity contribution is 0.766. The number of hydrogen-bond donors (Lipinski definition) is 0. The number of anilines is 3. The van der Waals surface area contributed by atoms with Crippen LogP contribution < -0.4 is 4.90 Å². The number of nitrogens with zero attached hydrogens (tertiary/aromatic N) is 1. The van der Waals surface area contributed by atoms with Crippen LogP contribution in [0.15, 0.2) is 231 Å². The minimum absolute atomic E-state index is 0.548. The fourth-order valence-electron chi connectivity index (χ4n) is 12.2. The average Bonchev–Trinajstić information content (AvgIpc) is 3.83. The van der Waals surface area contributed by atoms with E-state index in [1.54, 1.807) is 0 Å². The maximum absolute atomic E-state index is 2.56. The lowest BCUT2D eigenvalue weighted by atomic mass is 9.67. The first kappa shape index (κ1) is 41.4. The van der Waals surface area contributed by atoms with E-state index in [0.717, 1.165) is 11.4 Å². The van der Waals surface area contributed by atoms with Gasteiger partial charge in [0.25, 0.3) is 0 Å². The zero-order valence-corrected chi connectivity index (χ0v) is 39.4. The first-order valence-corrected chi connectivity index (χ1v) is 24.0. The van der Waals surface area contributed by atoms with Crippen molar-refractivity contribution in [3.8, 4) is 33.4 Å². The number of aryl methyl sites for hydroxylation is 5. The van der Waals surface area contributed by atoms with Crippen molar-refractivity contribution in [3.05, 3.63) is 303 Å². The van der Waals surface area contributed by atoms with Gasteiger partial charge in [-0.2, -0.15) is 0 Å². The summed E-state index contributed by atoms with van der Waals surface area (Å²) in [5.74, 6) is 0. The van der Waals surface area contributed by atoms with Crippen molar-refractivity contribution < 1.29 is 0 Å². The highest BCUT2D eigenvalue weighted by atomic mass is 15.1. The molecule has 0 spiro atoms. The molecule has 0 saturated carbocycles. The van der Waals surface area contributed by atoms with Crippen LogP contribution in [0.1, 0.15) is 72.3 Å². The monoisotopic (exact) mass is 871 g/mol. The molecule has 2 atom stereocenters. The van der Waals surface area contributed by atoms with Gasteiger partial charge in [-0.15, -0.1) is 0 Å². The molecule has 1 nitrogen and oxygen atoms in total. The summed E-state index contributed by atoms with van der Waals surface area (Å²) >= 11 is 0. The first-order chi connectivity index (χ1) is 33.3. The Balaban J connectivity index is 1.16. The van der Waals surface area contributed by atoms with Crippen LogP contribution >= 0.6 is 0 Å². The topological polar surface area (TPSA) is 3.24 Å². The fourth-order valence-corrected chi connectivity index (χ4v) is 12.2. The zero-order valence-electron chi connectivity index (χ0n) is 39.4. The summed E-state index contributed by atoms with van der Waals surface area (Å²) in [6, 6.07) is 87.1. The zero-order chi connectivity index (χ0) is 46.1.